The normalized spacial score (nSPS) is 23.5. The summed E-state index contributed by atoms with van der Waals surface area (Å²) in [7, 11) is 0. The Morgan fingerprint density at radius 1 is 1.50 bits per heavy atom. The summed E-state index contributed by atoms with van der Waals surface area (Å²) >= 11 is 3.68. The highest BCUT2D eigenvalue weighted by Gasteiger charge is 2.31. The Kier molecular flexibility index (Phi) is 4.44. The Labute approximate surface area is 117 Å². The Hall–Kier alpha value is -0.830. The molecule has 18 heavy (non-hydrogen) atoms. The van der Waals surface area contributed by atoms with E-state index in [0.29, 0.717) is 17.2 Å². The molecule has 0 saturated carbocycles. The molecule has 1 N–H and O–H groups in total. The minimum atomic E-state index is 0.123. The van der Waals surface area contributed by atoms with E-state index in [2.05, 4.69) is 53.3 Å². The molecule has 3 atom stereocenters. The molecule has 1 aromatic carbocycles. The molecule has 0 bridgehead atoms. The molecule has 98 valence electrons. The van der Waals surface area contributed by atoms with Crippen LogP contribution in [-0.4, -0.2) is 10.7 Å². The lowest BCUT2D eigenvalue weighted by Crippen LogP contribution is -2.32. The average Bonchev–Trinajstić information content (AvgIpc) is 2.66. The largest absolute Gasteiger partial charge is 0.348 e. The van der Waals surface area contributed by atoms with Gasteiger partial charge in [0, 0.05) is 11.2 Å². The monoisotopic (exact) mass is 309 g/mol. The van der Waals surface area contributed by atoms with E-state index in [1.54, 1.807) is 0 Å². The van der Waals surface area contributed by atoms with Gasteiger partial charge in [0.05, 0.1) is 6.04 Å². The summed E-state index contributed by atoms with van der Waals surface area (Å²) in [5, 5.41) is 3.16. The first-order valence-electron chi connectivity index (χ1n) is 6.63. The van der Waals surface area contributed by atoms with Crippen LogP contribution < -0.4 is 5.32 Å². The number of rotatable bonds is 4. The molecule has 2 rings (SSSR count). The fraction of sp³-hybridized carbons (Fsp3) is 0.533. The number of carbonyl (C=O) groups is 1. The summed E-state index contributed by atoms with van der Waals surface area (Å²) in [6, 6.07) is 8.48. The van der Waals surface area contributed by atoms with Crippen molar-refractivity contribution in [2.75, 3.05) is 0 Å². The van der Waals surface area contributed by atoms with Crippen molar-refractivity contribution in [3.05, 3.63) is 35.4 Å². The standard InChI is InChI=1S/C15H20BrNO/c1-3-10(2)8-14(18)17-15-12-7-5-4-6-11(12)9-13(15)16/h4-7,10,13,15H,3,8-9H2,1-2H3,(H,17,18). The predicted octanol–water partition coefficient (Wildman–Crippen LogP) is 3.60. The first kappa shape index (κ1) is 13.6. The van der Waals surface area contributed by atoms with Gasteiger partial charge in [0.25, 0.3) is 0 Å². The highest BCUT2D eigenvalue weighted by molar-refractivity contribution is 9.09. The fourth-order valence-corrected chi connectivity index (χ4v) is 3.17. The summed E-state index contributed by atoms with van der Waals surface area (Å²) in [6.07, 6.45) is 2.66. The molecule has 1 aromatic rings. The Morgan fingerprint density at radius 2 is 2.22 bits per heavy atom. The van der Waals surface area contributed by atoms with Crippen LogP contribution in [0.5, 0.6) is 0 Å². The predicted molar refractivity (Wildman–Crippen MR) is 77.8 cm³/mol. The topological polar surface area (TPSA) is 29.1 Å². The van der Waals surface area contributed by atoms with Crippen molar-refractivity contribution in [2.24, 2.45) is 5.92 Å². The second-order valence-corrected chi connectivity index (χ2v) is 6.36. The summed E-state index contributed by atoms with van der Waals surface area (Å²) in [5.74, 6) is 0.617. The van der Waals surface area contributed by atoms with Crippen molar-refractivity contribution in [3.63, 3.8) is 0 Å². The van der Waals surface area contributed by atoms with Crippen LogP contribution in [-0.2, 0) is 11.2 Å². The molecule has 2 nitrogen and oxygen atoms in total. The number of amides is 1. The van der Waals surface area contributed by atoms with E-state index in [0.717, 1.165) is 12.8 Å². The second-order valence-electron chi connectivity index (χ2n) is 5.18. The van der Waals surface area contributed by atoms with Crippen LogP contribution in [0.25, 0.3) is 0 Å². The van der Waals surface area contributed by atoms with Crippen molar-refractivity contribution in [1.82, 2.24) is 5.32 Å². The number of fused-ring (bicyclic) bond motifs is 1. The molecule has 0 radical (unpaired) electrons. The van der Waals surface area contributed by atoms with E-state index in [9.17, 15) is 4.79 Å². The van der Waals surface area contributed by atoms with E-state index >= 15 is 0 Å². The van der Waals surface area contributed by atoms with E-state index < -0.39 is 0 Å². The lowest BCUT2D eigenvalue weighted by molar-refractivity contribution is -0.122. The molecule has 1 aliphatic carbocycles. The molecule has 3 heteroatoms. The van der Waals surface area contributed by atoms with Crippen molar-refractivity contribution in [2.45, 2.75) is 44.0 Å². The van der Waals surface area contributed by atoms with Gasteiger partial charge in [-0.2, -0.15) is 0 Å². The van der Waals surface area contributed by atoms with Gasteiger partial charge >= 0.3 is 0 Å². The molecule has 0 fully saturated rings. The van der Waals surface area contributed by atoms with Crippen molar-refractivity contribution < 1.29 is 4.79 Å². The van der Waals surface area contributed by atoms with Gasteiger partial charge in [-0.05, 0) is 23.5 Å². The smallest absolute Gasteiger partial charge is 0.220 e. The first-order valence-corrected chi connectivity index (χ1v) is 7.54. The minimum absolute atomic E-state index is 0.123. The number of alkyl halides is 1. The molecule has 0 saturated heterocycles. The Balaban J connectivity index is 2.03. The molecule has 1 amide bonds. The Morgan fingerprint density at radius 3 is 2.94 bits per heavy atom. The van der Waals surface area contributed by atoms with E-state index in [-0.39, 0.29) is 11.9 Å². The Bertz CT molecular complexity index is 432. The number of halogens is 1. The SMILES string of the molecule is CCC(C)CC(=O)NC1c2ccccc2CC1Br. The lowest BCUT2D eigenvalue weighted by Gasteiger charge is -2.19. The van der Waals surface area contributed by atoms with Gasteiger partial charge in [0.1, 0.15) is 0 Å². The lowest BCUT2D eigenvalue weighted by atomic mass is 10.0. The van der Waals surface area contributed by atoms with Gasteiger partial charge in [-0.25, -0.2) is 0 Å². The zero-order valence-corrected chi connectivity index (χ0v) is 12.5. The summed E-state index contributed by atoms with van der Waals surface area (Å²) in [5.41, 5.74) is 2.60. The van der Waals surface area contributed by atoms with Crippen LogP contribution >= 0.6 is 15.9 Å². The number of carbonyl (C=O) groups excluding carboxylic acids is 1. The molecule has 0 spiro atoms. The molecular formula is C15H20BrNO. The van der Waals surface area contributed by atoms with Crippen LogP contribution in [0, 0.1) is 5.92 Å². The third-order valence-corrected chi connectivity index (χ3v) is 4.57. The maximum atomic E-state index is 12.0. The van der Waals surface area contributed by atoms with E-state index in [4.69, 9.17) is 0 Å². The third-order valence-electron chi connectivity index (χ3n) is 3.71. The van der Waals surface area contributed by atoms with Crippen LogP contribution in [0.2, 0.25) is 0 Å². The molecular weight excluding hydrogens is 290 g/mol. The van der Waals surface area contributed by atoms with Crippen LogP contribution in [0.1, 0.15) is 43.9 Å². The summed E-state index contributed by atoms with van der Waals surface area (Å²) in [4.78, 5) is 12.3. The fourth-order valence-electron chi connectivity index (χ4n) is 2.41. The summed E-state index contributed by atoms with van der Waals surface area (Å²) < 4.78 is 0. The van der Waals surface area contributed by atoms with Crippen LogP contribution in [0.15, 0.2) is 24.3 Å². The minimum Gasteiger partial charge on any atom is -0.348 e. The number of benzene rings is 1. The van der Waals surface area contributed by atoms with Gasteiger partial charge in [-0.15, -0.1) is 0 Å². The quantitative estimate of drug-likeness (QED) is 0.846. The van der Waals surface area contributed by atoms with E-state index in [1.807, 2.05) is 6.07 Å². The molecule has 1 aliphatic rings. The van der Waals surface area contributed by atoms with Gasteiger partial charge in [-0.1, -0.05) is 60.5 Å². The van der Waals surface area contributed by atoms with Gasteiger partial charge in [-0.3, -0.25) is 4.79 Å². The zero-order valence-electron chi connectivity index (χ0n) is 10.9. The molecule has 3 unspecified atom stereocenters. The second kappa shape index (κ2) is 5.87. The van der Waals surface area contributed by atoms with E-state index in [1.165, 1.54) is 11.1 Å². The van der Waals surface area contributed by atoms with Crippen molar-refractivity contribution in [3.8, 4) is 0 Å². The van der Waals surface area contributed by atoms with Gasteiger partial charge in [0.2, 0.25) is 5.91 Å². The number of nitrogens with one attached hydrogen (secondary N) is 1. The maximum Gasteiger partial charge on any atom is 0.220 e. The molecule has 0 aliphatic heterocycles. The van der Waals surface area contributed by atoms with Crippen LogP contribution in [0.4, 0.5) is 0 Å². The van der Waals surface area contributed by atoms with Crippen molar-refractivity contribution in [1.29, 1.82) is 0 Å². The molecule has 0 heterocycles. The van der Waals surface area contributed by atoms with Crippen molar-refractivity contribution >= 4 is 21.8 Å². The van der Waals surface area contributed by atoms with Crippen LogP contribution in [0.3, 0.4) is 0 Å². The molecule has 0 aromatic heterocycles. The zero-order chi connectivity index (χ0) is 13.1. The third kappa shape index (κ3) is 2.94. The average molecular weight is 310 g/mol. The number of hydrogen-bond acceptors (Lipinski definition) is 1. The highest BCUT2D eigenvalue weighted by Crippen LogP contribution is 2.35. The van der Waals surface area contributed by atoms with Gasteiger partial charge < -0.3 is 5.32 Å². The first-order chi connectivity index (χ1) is 8.61. The van der Waals surface area contributed by atoms with Gasteiger partial charge in [0.15, 0.2) is 0 Å². The summed E-state index contributed by atoms with van der Waals surface area (Å²) in [6.45, 7) is 4.24. The maximum absolute atomic E-state index is 12.0. The highest BCUT2D eigenvalue weighted by atomic mass is 79.9. The number of hydrogen-bond donors (Lipinski definition) is 1.